The van der Waals surface area contributed by atoms with Crippen LogP contribution in [0, 0.1) is 0 Å². The van der Waals surface area contributed by atoms with Crippen LogP contribution in [0.3, 0.4) is 0 Å². The number of rotatable bonds is 0. The molecule has 1 aliphatic heterocycles. The second-order valence-corrected chi connectivity index (χ2v) is 3.49. The highest BCUT2D eigenvalue weighted by molar-refractivity contribution is 7.88. The molecule has 0 aliphatic carbocycles. The Hall–Kier alpha value is -1.00. The first-order valence-corrected chi connectivity index (χ1v) is 3.98. The Morgan fingerprint density at radius 2 is 2.20 bits per heavy atom. The van der Waals surface area contributed by atoms with Crippen molar-refractivity contribution in [1.82, 2.24) is 5.32 Å². The van der Waals surface area contributed by atoms with E-state index in [4.69, 9.17) is 4.89 Å². The molecule has 6 nitrogen and oxygen atoms in total. The Kier molecular flexibility index (Phi) is 1.42. The number of nitrogens with zero attached hydrogens (tertiary/aromatic N) is 1. The molecule has 1 unspecified atom stereocenters. The summed E-state index contributed by atoms with van der Waals surface area (Å²) in [6, 6.07) is -0.912. The van der Waals surface area contributed by atoms with Crippen molar-refractivity contribution in [3.05, 3.63) is 0 Å². The fourth-order valence-electron chi connectivity index (χ4n) is 0.387. The Labute approximate surface area is 55.4 Å². The number of carbonyl (C=O) groups is 2. The van der Waals surface area contributed by atoms with Crippen LogP contribution in [0.4, 0.5) is 9.59 Å². The molecule has 0 fully saturated rings. The zero-order chi connectivity index (χ0) is 7.78. The fraction of sp³-hybridized carbons (Fsp3) is 0. The SMILES string of the molecule is O=C1N=CP(=O)(O)C(=O)N1. The third-order valence-corrected chi connectivity index (χ3v) is 1.96. The highest BCUT2D eigenvalue weighted by Crippen LogP contribution is 2.39. The van der Waals surface area contributed by atoms with E-state index in [1.54, 1.807) is 5.32 Å². The summed E-state index contributed by atoms with van der Waals surface area (Å²) in [6.45, 7) is 0. The highest BCUT2D eigenvalue weighted by Gasteiger charge is 2.32. The molecule has 0 saturated carbocycles. The van der Waals surface area contributed by atoms with Gasteiger partial charge in [0.2, 0.25) is 0 Å². The van der Waals surface area contributed by atoms with E-state index in [0.29, 0.717) is 5.96 Å². The molecule has 0 saturated heterocycles. The number of imide groups is 1. The van der Waals surface area contributed by atoms with Crippen molar-refractivity contribution >= 4 is 25.0 Å². The second kappa shape index (κ2) is 2.00. The molecule has 10 heavy (non-hydrogen) atoms. The Morgan fingerprint density at radius 1 is 1.60 bits per heavy atom. The maximum absolute atomic E-state index is 10.6. The van der Waals surface area contributed by atoms with E-state index in [9.17, 15) is 14.2 Å². The summed E-state index contributed by atoms with van der Waals surface area (Å²) < 4.78 is 10.6. The summed E-state index contributed by atoms with van der Waals surface area (Å²) in [5.74, 6) is 0.466. The average molecular weight is 162 g/mol. The molecule has 1 heterocycles. The van der Waals surface area contributed by atoms with Gasteiger partial charge in [0.15, 0.2) is 0 Å². The Bertz CT molecular complexity index is 270. The number of urea groups is 1. The van der Waals surface area contributed by atoms with Gasteiger partial charge in [0.25, 0.3) is 0 Å². The van der Waals surface area contributed by atoms with Gasteiger partial charge in [-0.1, -0.05) is 0 Å². The predicted molar refractivity (Wildman–Crippen MR) is 32.2 cm³/mol. The van der Waals surface area contributed by atoms with Crippen LogP contribution < -0.4 is 5.32 Å². The van der Waals surface area contributed by atoms with E-state index >= 15 is 0 Å². The van der Waals surface area contributed by atoms with E-state index in [0.717, 1.165) is 0 Å². The van der Waals surface area contributed by atoms with Crippen molar-refractivity contribution in [2.24, 2.45) is 4.99 Å². The normalized spacial score (nSPS) is 32.1. The van der Waals surface area contributed by atoms with Crippen molar-refractivity contribution in [2.45, 2.75) is 0 Å². The molecule has 2 N–H and O–H groups in total. The number of hydrogen-bond acceptors (Lipinski definition) is 3. The van der Waals surface area contributed by atoms with Crippen LogP contribution >= 0.6 is 7.37 Å². The molecule has 0 bridgehead atoms. The predicted octanol–water partition coefficient (Wildman–Crippen LogP) is 0.128. The van der Waals surface area contributed by atoms with Gasteiger partial charge in [0.1, 0.15) is 5.96 Å². The summed E-state index contributed by atoms with van der Waals surface area (Å²) in [5.41, 5.74) is -1.19. The van der Waals surface area contributed by atoms with Gasteiger partial charge in [-0.3, -0.25) is 14.7 Å². The minimum atomic E-state index is -3.98. The maximum Gasteiger partial charge on any atom is 0.348 e. The number of nitrogens with one attached hydrogen (secondary N) is 1. The number of carbonyl (C=O) groups excluding carboxylic acids is 2. The number of aliphatic imine (C=N–C) groups is 1. The second-order valence-electron chi connectivity index (χ2n) is 1.60. The topological polar surface area (TPSA) is 95.8 Å². The third kappa shape index (κ3) is 1.12. The van der Waals surface area contributed by atoms with Crippen LogP contribution in [0.25, 0.3) is 0 Å². The van der Waals surface area contributed by atoms with Crippen molar-refractivity contribution < 1.29 is 19.0 Å². The van der Waals surface area contributed by atoms with Gasteiger partial charge in [-0.2, -0.15) is 4.99 Å². The standard InChI is InChI=1S/C3H3N2O4P/c6-2-4-1-10(8,9)3(7)5-2/h1H,(H,8,9)(H,5,6,7). The van der Waals surface area contributed by atoms with Crippen molar-refractivity contribution in [2.75, 3.05) is 0 Å². The molecule has 0 spiro atoms. The summed E-state index contributed by atoms with van der Waals surface area (Å²) in [5, 5.41) is 1.58. The summed E-state index contributed by atoms with van der Waals surface area (Å²) in [7, 11) is -3.98. The first kappa shape index (κ1) is 7.11. The average Bonchev–Trinajstić information content (AvgIpc) is 1.81. The molecule has 3 amide bonds. The van der Waals surface area contributed by atoms with Gasteiger partial charge >= 0.3 is 19.0 Å². The quantitative estimate of drug-likeness (QED) is 0.494. The van der Waals surface area contributed by atoms with Gasteiger partial charge in [0.05, 0.1) is 0 Å². The van der Waals surface area contributed by atoms with Crippen LogP contribution in [-0.2, 0) is 4.57 Å². The molecular formula is C3H3N2O4P. The van der Waals surface area contributed by atoms with E-state index in [2.05, 4.69) is 4.99 Å². The molecule has 7 heteroatoms. The largest absolute Gasteiger partial charge is 0.348 e. The smallest absolute Gasteiger partial charge is 0.334 e. The lowest BCUT2D eigenvalue weighted by atomic mass is 11.0. The van der Waals surface area contributed by atoms with Gasteiger partial charge in [-0.05, 0) is 0 Å². The lowest BCUT2D eigenvalue weighted by Crippen LogP contribution is -2.30. The molecule has 0 aromatic carbocycles. The van der Waals surface area contributed by atoms with Crippen molar-refractivity contribution in [3.63, 3.8) is 0 Å². The van der Waals surface area contributed by atoms with Crippen molar-refractivity contribution in [1.29, 1.82) is 0 Å². The van der Waals surface area contributed by atoms with Crippen LogP contribution in [0.15, 0.2) is 4.99 Å². The van der Waals surface area contributed by atoms with E-state index in [1.165, 1.54) is 0 Å². The Balaban J connectivity index is 3.05. The lowest BCUT2D eigenvalue weighted by Gasteiger charge is -2.07. The van der Waals surface area contributed by atoms with E-state index in [1.807, 2.05) is 0 Å². The van der Waals surface area contributed by atoms with Gasteiger partial charge < -0.3 is 4.89 Å². The summed E-state index contributed by atoms with van der Waals surface area (Å²) >= 11 is 0. The monoisotopic (exact) mass is 162 g/mol. The van der Waals surface area contributed by atoms with Crippen molar-refractivity contribution in [3.8, 4) is 0 Å². The molecule has 0 aromatic heterocycles. The van der Waals surface area contributed by atoms with Gasteiger partial charge in [0, 0.05) is 0 Å². The zero-order valence-corrected chi connectivity index (χ0v) is 5.54. The van der Waals surface area contributed by atoms with E-state index < -0.39 is 19.0 Å². The molecular weight excluding hydrogens is 159 g/mol. The fourth-order valence-corrected chi connectivity index (χ4v) is 1.01. The first-order valence-electron chi connectivity index (χ1n) is 2.25. The molecule has 1 aliphatic rings. The van der Waals surface area contributed by atoms with Gasteiger partial charge in [-0.15, -0.1) is 0 Å². The zero-order valence-electron chi connectivity index (χ0n) is 4.64. The summed E-state index contributed by atoms with van der Waals surface area (Å²) in [4.78, 5) is 32.1. The third-order valence-electron chi connectivity index (χ3n) is 0.836. The van der Waals surface area contributed by atoms with Crippen LogP contribution in [-0.4, -0.2) is 22.5 Å². The number of hydrogen-bond donors (Lipinski definition) is 2. The lowest BCUT2D eigenvalue weighted by molar-refractivity contribution is 0.240. The molecule has 0 aromatic rings. The molecule has 1 rings (SSSR count). The number of amides is 3. The molecule has 54 valence electrons. The maximum atomic E-state index is 10.6. The first-order chi connectivity index (χ1) is 4.52. The van der Waals surface area contributed by atoms with Crippen LogP contribution in [0.2, 0.25) is 0 Å². The highest BCUT2D eigenvalue weighted by atomic mass is 31.2. The van der Waals surface area contributed by atoms with E-state index in [-0.39, 0.29) is 0 Å². The summed E-state index contributed by atoms with van der Waals surface area (Å²) in [6.07, 6.45) is 0. The van der Waals surface area contributed by atoms with Gasteiger partial charge in [-0.25, -0.2) is 4.79 Å². The molecule has 0 radical (unpaired) electrons. The van der Waals surface area contributed by atoms with Crippen LogP contribution in [0.5, 0.6) is 0 Å². The minimum absolute atomic E-state index is 0.466. The Morgan fingerprint density at radius 3 is 2.60 bits per heavy atom. The molecule has 1 atom stereocenters. The minimum Gasteiger partial charge on any atom is -0.334 e. The van der Waals surface area contributed by atoms with Crippen LogP contribution in [0.1, 0.15) is 0 Å².